The number of nitrogens with zero attached hydrogens (tertiary/aromatic N) is 3. The fraction of sp³-hybridized carbons (Fsp3) is 0.250. The van der Waals surface area contributed by atoms with E-state index in [0.29, 0.717) is 35.1 Å². The Hall–Kier alpha value is -2.08. The molecule has 0 saturated heterocycles. The lowest BCUT2D eigenvalue weighted by Gasteiger charge is -2.08. The molecule has 0 aliphatic heterocycles. The third-order valence-electron chi connectivity index (χ3n) is 2.55. The number of aryl methyl sites for hydroxylation is 1. The van der Waals surface area contributed by atoms with E-state index >= 15 is 0 Å². The minimum Gasteiger partial charge on any atom is -0.398 e. The molecule has 1 aromatic heterocycles. The van der Waals surface area contributed by atoms with Crippen LogP contribution in [-0.2, 0) is 13.5 Å². The van der Waals surface area contributed by atoms with Gasteiger partial charge in [0.15, 0.2) is 5.82 Å². The van der Waals surface area contributed by atoms with E-state index in [-0.39, 0.29) is 5.91 Å². The second kappa shape index (κ2) is 5.71. The maximum Gasteiger partial charge on any atom is 0.254 e. The second-order valence-electron chi connectivity index (χ2n) is 4.04. The molecule has 0 unspecified atom stereocenters. The summed E-state index contributed by atoms with van der Waals surface area (Å²) in [6.07, 6.45) is 2.17. The summed E-state index contributed by atoms with van der Waals surface area (Å²) in [4.78, 5) is 16.0. The number of rotatable bonds is 4. The van der Waals surface area contributed by atoms with Crippen molar-refractivity contribution in [3.8, 4) is 0 Å². The van der Waals surface area contributed by atoms with Crippen LogP contribution < -0.4 is 11.1 Å². The summed E-state index contributed by atoms with van der Waals surface area (Å²) in [6, 6.07) is 4.97. The highest BCUT2D eigenvalue weighted by Crippen LogP contribution is 2.21. The van der Waals surface area contributed by atoms with Gasteiger partial charge in [0.2, 0.25) is 0 Å². The fourth-order valence-electron chi connectivity index (χ4n) is 1.66. The number of benzene rings is 1. The van der Waals surface area contributed by atoms with Crippen LogP contribution in [-0.4, -0.2) is 27.2 Å². The topological polar surface area (TPSA) is 85.8 Å². The molecule has 0 saturated carbocycles. The first-order chi connectivity index (χ1) is 9.08. The number of hydrogen-bond acceptors (Lipinski definition) is 4. The Morgan fingerprint density at radius 3 is 2.95 bits per heavy atom. The van der Waals surface area contributed by atoms with Crippen LogP contribution in [0, 0.1) is 0 Å². The molecule has 0 aliphatic rings. The summed E-state index contributed by atoms with van der Waals surface area (Å²) in [5.41, 5.74) is 6.40. The Balaban J connectivity index is 1.94. The molecule has 0 atom stereocenters. The van der Waals surface area contributed by atoms with Gasteiger partial charge in [-0.25, -0.2) is 4.98 Å². The van der Waals surface area contributed by atoms with Crippen molar-refractivity contribution < 1.29 is 4.79 Å². The number of nitrogens with two attached hydrogens (primary N) is 1. The van der Waals surface area contributed by atoms with Crippen molar-refractivity contribution >= 4 is 23.2 Å². The molecular formula is C12H14ClN5O. The molecule has 0 fully saturated rings. The molecule has 19 heavy (non-hydrogen) atoms. The first-order valence-electron chi connectivity index (χ1n) is 5.74. The lowest BCUT2D eigenvalue weighted by molar-refractivity contribution is 0.0955. The highest BCUT2D eigenvalue weighted by molar-refractivity contribution is 6.34. The number of nitrogens with one attached hydrogen (secondary N) is 1. The van der Waals surface area contributed by atoms with Crippen LogP contribution in [0.15, 0.2) is 24.5 Å². The maximum absolute atomic E-state index is 12.0. The van der Waals surface area contributed by atoms with Crippen LogP contribution in [0.25, 0.3) is 0 Å². The second-order valence-corrected chi connectivity index (χ2v) is 4.45. The van der Waals surface area contributed by atoms with Crippen molar-refractivity contribution in [1.82, 2.24) is 20.1 Å². The van der Waals surface area contributed by atoms with E-state index < -0.39 is 0 Å². The summed E-state index contributed by atoms with van der Waals surface area (Å²) < 4.78 is 1.61. The van der Waals surface area contributed by atoms with Gasteiger partial charge in [-0.15, -0.1) is 0 Å². The summed E-state index contributed by atoms with van der Waals surface area (Å²) in [5.74, 6) is 0.383. The van der Waals surface area contributed by atoms with Crippen molar-refractivity contribution in [3.63, 3.8) is 0 Å². The number of carbonyl (C=O) groups excluding carboxylic acids is 1. The Bertz CT molecular complexity index is 575. The minimum atomic E-state index is -0.293. The average molecular weight is 280 g/mol. The van der Waals surface area contributed by atoms with E-state index in [1.54, 1.807) is 36.3 Å². The Labute approximate surface area is 115 Å². The molecule has 0 spiro atoms. The largest absolute Gasteiger partial charge is 0.398 e. The van der Waals surface area contributed by atoms with E-state index in [4.69, 9.17) is 17.3 Å². The van der Waals surface area contributed by atoms with Crippen LogP contribution in [0.1, 0.15) is 16.2 Å². The molecule has 2 aromatic rings. The smallest absolute Gasteiger partial charge is 0.254 e. The van der Waals surface area contributed by atoms with Crippen molar-refractivity contribution in [2.45, 2.75) is 6.42 Å². The van der Waals surface area contributed by atoms with Crippen LogP contribution in [0.4, 0.5) is 5.69 Å². The lowest BCUT2D eigenvalue weighted by Crippen LogP contribution is -2.27. The zero-order chi connectivity index (χ0) is 13.8. The summed E-state index contributed by atoms with van der Waals surface area (Å²) in [5, 5.41) is 7.21. The number of halogens is 1. The van der Waals surface area contributed by atoms with E-state index in [0.717, 1.165) is 0 Å². The van der Waals surface area contributed by atoms with Gasteiger partial charge in [-0.05, 0) is 12.1 Å². The molecule has 1 amide bonds. The van der Waals surface area contributed by atoms with Crippen LogP contribution in [0.3, 0.4) is 0 Å². The minimum absolute atomic E-state index is 0.293. The summed E-state index contributed by atoms with van der Waals surface area (Å²) >= 11 is 5.95. The Morgan fingerprint density at radius 1 is 1.53 bits per heavy atom. The normalized spacial score (nSPS) is 10.4. The quantitative estimate of drug-likeness (QED) is 0.818. The number of carbonyl (C=O) groups is 1. The average Bonchev–Trinajstić information content (AvgIpc) is 2.75. The maximum atomic E-state index is 12.0. The van der Waals surface area contributed by atoms with E-state index in [2.05, 4.69) is 15.4 Å². The first kappa shape index (κ1) is 13.4. The number of nitrogen functional groups attached to an aromatic ring is 1. The van der Waals surface area contributed by atoms with Crippen molar-refractivity contribution in [1.29, 1.82) is 0 Å². The van der Waals surface area contributed by atoms with E-state index in [1.165, 1.54) is 0 Å². The lowest BCUT2D eigenvalue weighted by atomic mass is 10.1. The number of aromatic nitrogens is 3. The van der Waals surface area contributed by atoms with Gasteiger partial charge in [0, 0.05) is 25.7 Å². The number of anilines is 1. The van der Waals surface area contributed by atoms with Gasteiger partial charge in [0.1, 0.15) is 6.33 Å². The fourth-order valence-corrected chi connectivity index (χ4v) is 1.92. The predicted octanol–water partition coefficient (Wildman–Crippen LogP) is 1.02. The number of hydrogen-bond donors (Lipinski definition) is 2. The zero-order valence-electron chi connectivity index (χ0n) is 10.4. The highest BCUT2D eigenvalue weighted by Gasteiger charge is 2.13. The molecule has 2 rings (SSSR count). The van der Waals surface area contributed by atoms with Gasteiger partial charge in [-0.2, -0.15) is 5.10 Å². The van der Waals surface area contributed by atoms with Gasteiger partial charge >= 0.3 is 0 Å². The molecule has 0 aliphatic carbocycles. The Morgan fingerprint density at radius 2 is 2.32 bits per heavy atom. The zero-order valence-corrected chi connectivity index (χ0v) is 11.2. The standard InChI is InChI=1S/C12H14ClN5O/c1-18-7-16-10(17-18)5-6-15-12(19)11-8(13)3-2-4-9(11)14/h2-4,7H,5-6,14H2,1H3,(H,15,19). The van der Waals surface area contributed by atoms with Crippen LogP contribution in [0.5, 0.6) is 0 Å². The van der Waals surface area contributed by atoms with Gasteiger partial charge in [-0.1, -0.05) is 17.7 Å². The van der Waals surface area contributed by atoms with Gasteiger partial charge in [0.05, 0.1) is 10.6 Å². The van der Waals surface area contributed by atoms with Gasteiger partial charge < -0.3 is 11.1 Å². The number of amides is 1. The molecule has 3 N–H and O–H groups in total. The van der Waals surface area contributed by atoms with Crippen LogP contribution >= 0.6 is 11.6 Å². The Kier molecular flexibility index (Phi) is 4.01. The van der Waals surface area contributed by atoms with Gasteiger partial charge in [0.25, 0.3) is 5.91 Å². The summed E-state index contributed by atoms with van der Waals surface area (Å²) in [7, 11) is 1.79. The van der Waals surface area contributed by atoms with Crippen molar-refractivity contribution in [2.24, 2.45) is 7.05 Å². The van der Waals surface area contributed by atoms with Crippen molar-refractivity contribution in [3.05, 3.63) is 40.9 Å². The van der Waals surface area contributed by atoms with Crippen molar-refractivity contribution in [2.75, 3.05) is 12.3 Å². The first-order valence-corrected chi connectivity index (χ1v) is 6.12. The molecular weight excluding hydrogens is 266 g/mol. The van der Waals surface area contributed by atoms with E-state index in [9.17, 15) is 4.79 Å². The van der Waals surface area contributed by atoms with E-state index in [1.807, 2.05) is 0 Å². The highest BCUT2D eigenvalue weighted by atomic mass is 35.5. The molecule has 7 heteroatoms. The summed E-state index contributed by atoms with van der Waals surface area (Å²) in [6.45, 7) is 0.424. The molecule has 1 aromatic carbocycles. The third-order valence-corrected chi connectivity index (χ3v) is 2.87. The molecule has 100 valence electrons. The van der Waals surface area contributed by atoms with Gasteiger partial charge in [-0.3, -0.25) is 9.48 Å². The monoisotopic (exact) mass is 279 g/mol. The third kappa shape index (κ3) is 3.23. The van der Waals surface area contributed by atoms with Crippen LogP contribution in [0.2, 0.25) is 5.02 Å². The molecule has 1 heterocycles. The molecule has 0 radical (unpaired) electrons. The molecule has 6 nitrogen and oxygen atoms in total. The molecule has 0 bridgehead atoms. The SMILES string of the molecule is Cn1cnc(CCNC(=O)c2c(N)cccc2Cl)n1. The predicted molar refractivity (Wildman–Crippen MR) is 72.9 cm³/mol.